The summed E-state index contributed by atoms with van der Waals surface area (Å²) in [6, 6.07) is 0. The van der Waals surface area contributed by atoms with Gasteiger partial charge < -0.3 is 14.2 Å². The van der Waals surface area contributed by atoms with Crippen molar-refractivity contribution in [2.45, 2.75) is 277 Å². The van der Waals surface area contributed by atoms with E-state index in [0.29, 0.717) is 19.3 Å². The molecule has 0 saturated heterocycles. The lowest BCUT2D eigenvalue weighted by Crippen LogP contribution is -2.30. The number of esters is 3. The highest BCUT2D eigenvalue weighted by molar-refractivity contribution is 5.71. The summed E-state index contributed by atoms with van der Waals surface area (Å²) in [4.78, 5) is 38.0. The standard InChI is InChI=1S/C58H102O6/c1-4-7-10-13-16-19-22-25-27-28-29-30-31-34-36-39-42-45-48-51-57(60)63-54-55(53-62-56(59)50-47-44-41-38-35-32-24-21-18-15-12-9-6-3)64-58(61)52-49-46-43-40-37-33-26-23-20-17-14-11-8-5-2/h7,10,16,19,25,27,32-33,35,37,55H,4-6,8-9,11-15,17-18,20-24,26,28-31,34,36,38-54H2,1-3H3/b10-7-,19-16-,27-25-,35-32-,37-33-. The van der Waals surface area contributed by atoms with Gasteiger partial charge in [0.05, 0.1) is 0 Å². The first kappa shape index (κ1) is 61.1. The zero-order valence-corrected chi connectivity index (χ0v) is 42.3. The molecule has 0 bridgehead atoms. The maximum absolute atomic E-state index is 12.8. The summed E-state index contributed by atoms with van der Waals surface area (Å²) in [6.45, 7) is 6.50. The summed E-state index contributed by atoms with van der Waals surface area (Å²) in [7, 11) is 0. The minimum absolute atomic E-state index is 0.0871. The largest absolute Gasteiger partial charge is 0.462 e. The van der Waals surface area contributed by atoms with Crippen molar-refractivity contribution >= 4 is 17.9 Å². The lowest BCUT2D eigenvalue weighted by atomic mass is 10.1. The summed E-state index contributed by atoms with van der Waals surface area (Å²) in [5.74, 6) is -0.918. The van der Waals surface area contributed by atoms with Crippen LogP contribution in [0.1, 0.15) is 271 Å². The molecule has 370 valence electrons. The monoisotopic (exact) mass is 895 g/mol. The van der Waals surface area contributed by atoms with Crippen LogP contribution in [-0.4, -0.2) is 37.2 Å². The third-order valence-corrected chi connectivity index (χ3v) is 11.7. The Kier molecular flexibility index (Phi) is 50.4. The Bertz CT molecular complexity index is 1170. The van der Waals surface area contributed by atoms with Crippen LogP contribution in [0.5, 0.6) is 0 Å². The van der Waals surface area contributed by atoms with Gasteiger partial charge in [-0.1, -0.05) is 210 Å². The molecule has 0 radical (unpaired) electrons. The SMILES string of the molecule is CC/C=C\C/C=C\C/C=C\CCCCCCCCCCCC(=O)OCC(COC(=O)CCCCC/C=C\CCCCCCCC)OC(=O)CCCCC/C=C\CCCCCCCCC. The van der Waals surface area contributed by atoms with Crippen LogP contribution >= 0.6 is 0 Å². The third kappa shape index (κ3) is 50.1. The first-order valence-corrected chi connectivity index (χ1v) is 27.3. The fourth-order valence-electron chi connectivity index (χ4n) is 7.62. The fraction of sp³-hybridized carbons (Fsp3) is 0.776. The van der Waals surface area contributed by atoms with Crippen LogP contribution in [0.2, 0.25) is 0 Å². The lowest BCUT2D eigenvalue weighted by Gasteiger charge is -2.18. The molecule has 0 rings (SSSR count). The number of carbonyl (C=O) groups excluding carboxylic acids is 3. The molecule has 0 saturated carbocycles. The molecule has 0 aromatic rings. The van der Waals surface area contributed by atoms with E-state index in [1.54, 1.807) is 0 Å². The van der Waals surface area contributed by atoms with Gasteiger partial charge >= 0.3 is 17.9 Å². The summed E-state index contributed by atoms with van der Waals surface area (Å²) in [5.41, 5.74) is 0. The number of allylic oxidation sites excluding steroid dienone is 10. The van der Waals surface area contributed by atoms with Crippen molar-refractivity contribution in [1.29, 1.82) is 0 Å². The molecule has 1 unspecified atom stereocenters. The molecule has 0 aromatic heterocycles. The Morgan fingerprint density at radius 2 is 0.609 bits per heavy atom. The van der Waals surface area contributed by atoms with Gasteiger partial charge in [-0.05, 0) is 103 Å². The number of hydrogen-bond acceptors (Lipinski definition) is 6. The van der Waals surface area contributed by atoms with Crippen molar-refractivity contribution in [3.05, 3.63) is 60.8 Å². The normalized spacial score (nSPS) is 12.5. The van der Waals surface area contributed by atoms with Gasteiger partial charge in [0, 0.05) is 19.3 Å². The van der Waals surface area contributed by atoms with Crippen molar-refractivity contribution in [2.24, 2.45) is 0 Å². The predicted octanol–water partition coefficient (Wildman–Crippen LogP) is 18.0. The van der Waals surface area contributed by atoms with E-state index in [0.717, 1.165) is 103 Å². The van der Waals surface area contributed by atoms with Gasteiger partial charge in [-0.15, -0.1) is 0 Å². The summed E-state index contributed by atoms with van der Waals surface area (Å²) >= 11 is 0. The van der Waals surface area contributed by atoms with Crippen LogP contribution in [0, 0.1) is 0 Å². The molecule has 0 spiro atoms. The van der Waals surface area contributed by atoms with Gasteiger partial charge in [0.2, 0.25) is 0 Å². The molecule has 0 N–H and O–H groups in total. The highest BCUT2D eigenvalue weighted by Crippen LogP contribution is 2.15. The molecule has 0 fully saturated rings. The molecule has 0 aliphatic carbocycles. The van der Waals surface area contributed by atoms with E-state index < -0.39 is 6.10 Å². The highest BCUT2D eigenvalue weighted by atomic mass is 16.6. The van der Waals surface area contributed by atoms with Crippen LogP contribution in [-0.2, 0) is 28.6 Å². The number of unbranched alkanes of at least 4 members (excludes halogenated alkanes) is 28. The number of hydrogen-bond donors (Lipinski definition) is 0. The molecule has 0 aliphatic rings. The average Bonchev–Trinajstić information content (AvgIpc) is 3.29. The van der Waals surface area contributed by atoms with Crippen molar-refractivity contribution in [1.82, 2.24) is 0 Å². The molecule has 0 heterocycles. The molecule has 6 nitrogen and oxygen atoms in total. The van der Waals surface area contributed by atoms with Gasteiger partial charge in [0.15, 0.2) is 6.10 Å². The van der Waals surface area contributed by atoms with Crippen LogP contribution < -0.4 is 0 Å². The molecule has 1 atom stereocenters. The average molecular weight is 895 g/mol. The second kappa shape index (κ2) is 52.7. The molecular weight excluding hydrogens is 793 g/mol. The zero-order chi connectivity index (χ0) is 46.5. The number of rotatable bonds is 49. The van der Waals surface area contributed by atoms with Gasteiger partial charge in [0.25, 0.3) is 0 Å². The van der Waals surface area contributed by atoms with E-state index in [9.17, 15) is 14.4 Å². The Morgan fingerprint density at radius 1 is 0.328 bits per heavy atom. The smallest absolute Gasteiger partial charge is 0.306 e. The predicted molar refractivity (Wildman–Crippen MR) is 275 cm³/mol. The van der Waals surface area contributed by atoms with Crippen LogP contribution in [0.4, 0.5) is 0 Å². The van der Waals surface area contributed by atoms with E-state index in [4.69, 9.17) is 14.2 Å². The topological polar surface area (TPSA) is 78.9 Å². The molecular formula is C58H102O6. The first-order valence-electron chi connectivity index (χ1n) is 27.3. The van der Waals surface area contributed by atoms with Crippen molar-refractivity contribution in [3.8, 4) is 0 Å². The van der Waals surface area contributed by atoms with Crippen LogP contribution in [0.15, 0.2) is 60.8 Å². The molecule has 6 heteroatoms. The maximum Gasteiger partial charge on any atom is 0.306 e. The van der Waals surface area contributed by atoms with Gasteiger partial charge in [-0.25, -0.2) is 0 Å². The van der Waals surface area contributed by atoms with Crippen molar-refractivity contribution in [2.75, 3.05) is 13.2 Å². The van der Waals surface area contributed by atoms with E-state index >= 15 is 0 Å². The minimum atomic E-state index is -0.789. The summed E-state index contributed by atoms with van der Waals surface area (Å²) in [5, 5.41) is 0. The van der Waals surface area contributed by atoms with Crippen LogP contribution in [0.3, 0.4) is 0 Å². The summed E-state index contributed by atoms with van der Waals surface area (Å²) in [6.07, 6.45) is 64.9. The van der Waals surface area contributed by atoms with Crippen molar-refractivity contribution in [3.63, 3.8) is 0 Å². The van der Waals surface area contributed by atoms with Crippen molar-refractivity contribution < 1.29 is 28.6 Å². The van der Waals surface area contributed by atoms with E-state index in [2.05, 4.69) is 81.5 Å². The Hall–Kier alpha value is -2.89. The number of ether oxygens (including phenoxy) is 3. The van der Waals surface area contributed by atoms with E-state index in [1.165, 1.54) is 128 Å². The van der Waals surface area contributed by atoms with Gasteiger partial charge in [0.1, 0.15) is 13.2 Å². The Balaban J connectivity index is 4.38. The Morgan fingerprint density at radius 3 is 0.984 bits per heavy atom. The van der Waals surface area contributed by atoms with E-state index in [1.807, 2.05) is 0 Å². The van der Waals surface area contributed by atoms with Crippen LogP contribution in [0.25, 0.3) is 0 Å². The molecule has 0 amide bonds. The maximum atomic E-state index is 12.8. The molecule has 64 heavy (non-hydrogen) atoms. The van der Waals surface area contributed by atoms with E-state index in [-0.39, 0.29) is 31.1 Å². The Labute approximate surface area is 396 Å². The minimum Gasteiger partial charge on any atom is -0.462 e. The fourth-order valence-corrected chi connectivity index (χ4v) is 7.62. The third-order valence-electron chi connectivity index (χ3n) is 11.7. The van der Waals surface area contributed by atoms with Gasteiger partial charge in [-0.3, -0.25) is 14.4 Å². The molecule has 0 aliphatic heterocycles. The second-order valence-corrected chi connectivity index (χ2v) is 18.1. The number of carbonyl (C=O) groups is 3. The molecule has 0 aromatic carbocycles. The zero-order valence-electron chi connectivity index (χ0n) is 42.3. The quantitative estimate of drug-likeness (QED) is 0.0262. The lowest BCUT2D eigenvalue weighted by molar-refractivity contribution is -0.167. The first-order chi connectivity index (χ1) is 31.5. The highest BCUT2D eigenvalue weighted by Gasteiger charge is 2.19. The van der Waals surface area contributed by atoms with Gasteiger partial charge in [-0.2, -0.15) is 0 Å². The second-order valence-electron chi connectivity index (χ2n) is 18.1. The summed E-state index contributed by atoms with van der Waals surface area (Å²) < 4.78 is 16.8.